The van der Waals surface area contributed by atoms with E-state index >= 15 is 0 Å². The molecule has 11 rings (SSSR count). The molecule has 0 aliphatic carbocycles. The second-order valence-corrected chi connectivity index (χ2v) is 19.7. The van der Waals surface area contributed by atoms with E-state index in [4.69, 9.17) is 9.72 Å². The molecule has 0 N–H and O–H groups in total. The van der Waals surface area contributed by atoms with E-state index < -0.39 is 0 Å². The largest absolute Gasteiger partial charge is 0.509 e. The Morgan fingerprint density at radius 1 is 0.514 bits per heavy atom. The van der Waals surface area contributed by atoms with Crippen LogP contribution >= 0.6 is 0 Å². The molecule has 0 atom stereocenters. The van der Waals surface area contributed by atoms with E-state index in [2.05, 4.69) is 160 Å². The average molecular weight is 1100 g/mol. The fourth-order valence-corrected chi connectivity index (χ4v) is 9.35. The number of pyridine rings is 1. The van der Waals surface area contributed by atoms with Crippen molar-refractivity contribution in [3.05, 3.63) is 224 Å². The first kappa shape index (κ1) is 46.4. The van der Waals surface area contributed by atoms with Gasteiger partial charge in [0.1, 0.15) is 17.5 Å². The van der Waals surface area contributed by atoms with Gasteiger partial charge in [-0.05, 0) is 98.6 Å². The minimum absolute atomic E-state index is 0. The minimum atomic E-state index is -0.316. The number of hydrogen-bond donors (Lipinski definition) is 0. The van der Waals surface area contributed by atoms with Gasteiger partial charge in [-0.3, -0.25) is 0 Å². The van der Waals surface area contributed by atoms with Crippen LogP contribution in [0.5, 0.6) is 11.5 Å². The number of nitrogens with zero attached hydrogens (tertiary/aromatic N) is 4. The minimum Gasteiger partial charge on any atom is -0.509 e. The molecule has 0 saturated carbocycles. The number of hydrogen-bond acceptors (Lipinski definition) is 4. The second kappa shape index (κ2) is 18.2. The fourth-order valence-electron chi connectivity index (χ4n) is 9.35. The number of rotatable bonds is 8. The van der Waals surface area contributed by atoms with Crippen molar-refractivity contribution in [1.29, 1.82) is 0 Å². The van der Waals surface area contributed by atoms with Gasteiger partial charge in [-0.25, -0.2) is 13.8 Å². The summed E-state index contributed by atoms with van der Waals surface area (Å²) in [6.07, 6.45) is 1.88. The Bertz CT molecular complexity index is 3490. The van der Waals surface area contributed by atoms with E-state index in [1.807, 2.05) is 48.7 Å². The van der Waals surface area contributed by atoms with Crippen molar-refractivity contribution in [3.8, 4) is 50.7 Å². The number of aromatic nitrogens is 2. The van der Waals surface area contributed by atoms with E-state index in [1.165, 1.54) is 35.4 Å². The molecule has 3 heterocycles. The molecule has 350 valence electrons. The Balaban J connectivity index is 0.00000567. The predicted octanol–water partition coefficient (Wildman–Crippen LogP) is 16.9. The van der Waals surface area contributed by atoms with Crippen LogP contribution in [-0.2, 0) is 31.9 Å². The van der Waals surface area contributed by atoms with Gasteiger partial charge in [0.25, 0.3) is 0 Å². The molecule has 0 radical (unpaired) electrons. The quantitative estimate of drug-likeness (QED) is 0.142. The summed E-state index contributed by atoms with van der Waals surface area (Å²) in [6.45, 7) is 15.4. The van der Waals surface area contributed by atoms with E-state index in [-0.39, 0.29) is 43.5 Å². The van der Waals surface area contributed by atoms with E-state index in [0.29, 0.717) is 11.5 Å². The van der Waals surface area contributed by atoms with Crippen LogP contribution in [0.25, 0.3) is 61.0 Å². The zero-order chi connectivity index (χ0) is 47.6. The topological polar surface area (TPSA) is 33.5 Å². The Labute approximate surface area is 422 Å². The van der Waals surface area contributed by atoms with Crippen LogP contribution in [-0.4, -0.2) is 9.55 Å². The maximum atomic E-state index is 14.4. The van der Waals surface area contributed by atoms with Crippen molar-refractivity contribution in [3.63, 3.8) is 0 Å². The van der Waals surface area contributed by atoms with Crippen LogP contribution in [0, 0.1) is 30.4 Å². The molecule has 0 saturated heterocycles. The van der Waals surface area contributed by atoms with E-state index in [1.54, 1.807) is 24.3 Å². The van der Waals surface area contributed by atoms with Crippen LogP contribution in [0.4, 0.5) is 31.5 Å². The van der Waals surface area contributed by atoms with Gasteiger partial charge >= 0.3 is 0 Å². The first-order chi connectivity index (χ1) is 33.3. The molecule has 0 bridgehead atoms. The van der Waals surface area contributed by atoms with Crippen LogP contribution < -0.4 is 14.5 Å². The normalized spacial score (nSPS) is 12.6. The van der Waals surface area contributed by atoms with Gasteiger partial charge in [-0.1, -0.05) is 144 Å². The van der Waals surface area contributed by atoms with Gasteiger partial charge < -0.3 is 19.1 Å². The van der Waals surface area contributed by atoms with Crippen molar-refractivity contribution >= 4 is 44.6 Å². The van der Waals surface area contributed by atoms with Gasteiger partial charge in [0, 0.05) is 72.5 Å². The van der Waals surface area contributed by atoms with Gasteiger partial charge in [0.05, 0.1) is 0 Å². The summed E-state index contributed by atoms with van der Waals surface area (Å²) in [5.41, 5.74) is 13.1. The summed E-state index contributed by atoms with van der Waals surface area (Å²) in [5.74, 6) is 1.22. The first-order valence-corrected chi connectivity index (χ1v) is 23.2. The molecule has 8 heteroatoms. The van der Waals surface area contributed by atoms with Crippen molar-refractivity contribution in [2.24, 2.45) is 0 Å². The molecule has 70 heavy (non-hydrogen) atoms. The molecule has 0 fully saturated rings. The van der Waals surface area contributed by atoms with Crippen LogP contribution in [0.15, 0.2) is 182 Å². The molecule has 10 aromatic rings. The number of anilines is 4. The summed E-state index contributed by atoms with van der Waals surface area (Å²) in [6, 6.07) is 64.3. The summed E-state index contributed by atoms with van der Waals surface area (Å²) in [7, 11) is 0. The number of halogens is 2. The third kappa shape index (κ3) is 8.69. The standard InChI is InChI=1S/C62H49F2N4O.Pt/c1-61(2,3)44-24-18-40(19-25-44)43-34-48(37-50(35-43)69-49-30-31-54-53-12-7-8-15-55(53)68(58(54)38-49)59-36-45(32-33-65-59)62(4,5)6)66-39-67(57-17-10-9-16-56(57)66)60-51(41-20-26-46(63)27-21-41)13-11-14-52(60)42-22-28-47(64)29-23-42;/h7-36,39H,1-6H3;/q-3;. The molecule has 0 amide bonds. The first-order valence-electron chi connectivity index (χ1n) is 23.2. The maximum Gasteiger partial charge on any atom is 0.135 e. The monoisotopic (exact) mass is 1100 g/mol. The summed E-state index contributed by atoms with van der Waals surface area (Å²) in [5, 5.41) is 2.15. The van der Waals surface area contributed by atoms with Crippen molar-refractivity contribution in [2.45, 2.75) is 52.4 Å². The molecular formula is C62H49F2N4OPt-3. The second-order valence-electron chi connectivity index (χ2n) is 19.7. The van der Waals surface area contributed by atoms with E-state index in [0.717, 1.165) is 83.8 Å². The summed E-state index contributed by atoms with van der Waals surface area (Å²) in [4.78, 5) is 9.17. The SMILES string of the molecule is CC(C)(C)c1ccc(-c2cc(Oc3[c-]c4c(cc3)c3ccccc3n4-c3cc(C(C)(C)C)ccn3)[c-]c(N3[CH-]N(c4c(-c5ccc(F)cc5)cccc4-c4ccc(F)cc4)c4ccccc43)c2)cc1.[Pt]. The number of ether oxygens (including phenoxy) is 1. The molecular weight excluding hydrogens is 1050 g/mol. The Morgan fingerprint density at radius 2 is 1.11 bits per heavy atom. The molecule has 1 aliphatic rings. The average Bonchev–Trinajstić information content (AvgIpc) is 3.90. The van der Waals surface area contributed by atoms with Gasteiger partial charge in [0.2, 0.25) is 0 Å². The van der Waals surface area contributed by atoms with Crippen molar-refractivity contribution in [2.75, 3.05) is 9.80 Å². The van der Waals surface area contributed by atoms with E-state index in [9.17, 15) is 8.78 Å². The van der Waals surface area contributed by atoms with Crippen molar-refractivity contribution in [1.82, 2.24) is 9.55 Å². The number of fused-ring (bicyclic) bond motifs is 4. The number of para-hydroxylation sites is 4. The third-order valence-electron chi connectivity index (χ3n) is 13.0. The number of benzene rings is 8. The summed E-state index contributed by atoms with van der Waals surface area (Å²) >= 11 is 0. The van der Waals surface area contributed by atoms with Gasteiger partial charge in [0.15, 0.2) is 0 Å². The van der Waals surface area contributed by atoms with Gasteiger partial charge in [-0.15, -0.1) is 53.6 Å². The Kier molecular flexibility index (Phi) is 12.1. The van der Waals surface area contributed by atoms with Crippen LogP contribution in [0.3, 0.4) is 0 Å². The Morgan fingerprint density at radius 3 is 1.76 bits per heavy atom. The molecule has 8 aromatic carbocycles. The molecule has 5 nitrogen and oxygen atoms in total. The zero-order valence-corrected chi connectivity index (χ0v) is 41.9. The predicted molar refractivity (Wildman–Crippen MR) is 278 cm³/mol. The molecule has 0 spiro atoms. The maximum absolute atomic E-state index is 14.4. The Hall–Kier alpha value is -7.34. The van der Waals surface area contributed by atoms with Gasteiger partial charge in [-0.2, -0.15) is 6.07 Å². The van der Waals surface area contributed by atoms with Crippen molar-refractivity contribution < 1.29 is 34.6 Å². The molecule has 1 aliphatic heterocycles. The fraction of sp³-hybridized carbons (Fsp3) is 0.129. The molecule has 2 aromatic heterocycles. The zero-order valence-electron chi connectivity index (χ0n) is 39.7. The smallest absolute Gasteiger partial charge is 0.135 e. The summed E-state index contributed by atoms with van der Waals surface area (Å²) < 4.78 is 37.9. The third-order valence-corrected chi connectivity index (χ3v) is 13.0. The van der Waals surface area contributed by atoms with Crippen LogP contribution in [0.1, 0.15) is 52.7 Å². The van der Waals surface area contributed by atoms with Crippen LogP contribution in [0.2, 0.25) is 0 Å². The molecule has 0 unspecified atom stereocenters.